The molecule has 6 aliphatic carbocycles. The molecule has 16 atom stereocenters. The molecule has 0 amide bonds. The van der Waals surface area contributed by atoms with Crippen LogP contribution < -0.4 is 0 Å². The van der Waals surface area contributed by atoms with Gasteiger partial charge in [0.15, 0.2) is 12.4 Å². The van der Waals surface area contributed by atoms with E-state index in [0.717, 1.165) is 31.3 Å². The number of rotatable bonds is 6. The van der Waals surface area contributed by atoms with Gasteiger partial charge in [0, 0.05) is 13.0 Å². The van der Waals surface area contributed by atoms with Gasteiger partial charge in [0.25, 0.3) is 0 Å². The maximum atomic E-state index is 13.8. The zero-order chi connectivity index (χ0) is 37.3. The Kier molecular flexibility index (Phi) is 8.68. The molecule has 286 valence electrons. The molecule has 6 N–H and O–H groups in total. The van der Waals surface area contributed by atoms with Gasteiger partial charge in [0.05, 0.1) is 29.6 Å². The summed E-state index contributed by atoms with van der Waals surface area (Å²) in [5.74, 6) is -2.04. The molecule has 0 radical (unpaired) electrons. The van der Waals surface area contributed by atoms with E-state index in [1.54, 1.807) is 7.11 Å². The molecule has 2 bridgehead atoms. The van der Waals surface area contributed by atoms with E-state index >= 15 is 0 Å². The van der Waals surface area contributed by atoms with Crippen molar-refractivity contribution in [2.45, 2.75) is 142 Å². The number of hydrogen-bond acceptors (Lipinski definition) is 9. The Balaban J connectivity index is 1.25. The van der Waals surface area contributed by atoms with E-state index in [0.29, 0.717) is 38.7 Å². The fourth-order valence-electron chi connectivity index (χ4n) is 14.2. The second-order valence-electron chi connectivity index (χ2n) is 19.1. The van der Waals surface area contributed by atoms with Crippen LogP contribution in [-0.2, 0) is 23.8 Å². The zero-order valence-corrected chi connectivity index (χ0v) is 31.3. The van der Waals surface area contributed by atoms with E-state index in [1.807, 2.05) is 0 Å². The normalized spacial score (nSPS) is 54.2. The first-order valence-corrected chi connectivity index (χ1v) is 19.1. The Hall–Kier alpha value is -1.86. The minimum Gasteiger partial charge on any atom is -0.481 e. The first-order chi connectivity index (χ1) is 23.7. The maximum Gasteiger partial charge on any atom is 0.335 e. The van der Waals surface area contributed by atoms with Gasteiger partial charge in [-0.1, -0.05) is 65.3 Å². The summed E-state index contributed by atoms with van der Waals surface area (Å²) >= 11 is 0. The zero-order valence-electron chi connectivity index (χ0n) is 31.3. The average Bonchev–Trinajstić information content (AvgIpc) is 3.04. The van der Waals surface area contributed by atoms with Crippen LogP contribution in [0.4, 0.5) is 0 Å². The highest BCUT2D eigenvalue weighted by Gasteiger charge is 2.78. The van der Waals surface area contributed by atoms with E-state index in [-0.39, 0.29) is 34.0 Å². The third kappa shape index (κ3) is 4.55. The number of aliphatic carboxylic acids is 2. The highest BCUT2D eigenvalue weighted by atomic mass is 16.7. The number of methoxy groups -OCH3 is 1. The van der Waals surface area contributed by atoms with Crippen LogP contribution in [0.25, 0.3) is 0 Å². The molecule has 7 rings (SSSR count). The van der Waals surface area contributed by atoms with Crippen LogP contribution in [0.1, 0.15) is 99.3 Å². The molecular formula is C40H60O11. The fraction of sp³-hybridized carbons (Fsp3) is 0.850. The van der Waals surface area contributed by atoms with Crippen LogP contribution in [0.5, 0.6) is 0 Å². The molecule has 5 fully saturated rings. The Labute approximate surface area is 301 Å². The summed E-state index contributed by atoms with van der Waals surface area (Å²) in [6, 6.07) is 0. The van der Waals surface area contributed by atoms with E-state index in [9.17, 15) is 40.2 Å². The van der Waals surface area contributed by atoms with Gasteiger partial charge in [-0.3, -0.25) is 4.79 Å². The van der Waals surface area contributed by atoms with Crippen molar-refractivity contribution in [1.29, 1.82) is 0 Å². The number of hydrogen-bond donors (Lipinski definition) is 6. The van der Waals surface area contributed by atoms with Crippen molar-refractivity contribution in [3.8, 4) is 0 Å². The van der Waals surface area contributed by atoms with Gasteiger partial charge in [0.1, 0.15) is 18.3 Å². The summed E-state index contributed by atoms with van der Waals surface area (Å²) in [4.78, 5) is 25.5. The summed E-state index contributed by atoms with van der Waals surface area (Å²) in [5.41, 5.74) is -2.65. The van der Waals surface area contributed by atoms with Crippen molar-refractivity contribution in [3.05, 3.63) is 23.8 Å². The molecule has 51 heavy (non-hydrogen) atoms. The van der Waals surface area contributed by atoms with Crippen LogP contribution in [0.3, 0.4) is 0 Å². The maximum absolute atomic E-state index is 13.8. The van der Waals surface area contributed by atoms with Crippen LogP contribution in [-0.4, -0.2) is 99.2 Å². The van der Waals surface area contributed by atoms with E-state index < -0.39 is 76.5 Å². The first kappa shape index (κ1) is 37.5. The first-order valence-electron chi connectivity index (χ1n) is 19.1. The molecule has 7 aliphatic rings. The summed E-state index contributed by atoms with van der Waals surface area (Å²) in [7, 11) is 1.64. The molecule has 1 aliphatic heterocycles. The molecular weight excluding hydrogens is 656 g/mol. The Morgan fingerprint density at radius 1 is 0.902 bits per heavy atom. The summed E-state index contributed by atoms with van der Waals surface area (Å²) in [6.45, 7) is 14.0. The third-order valence-electron chi connectivity index (χ3n) is 16.9. The van der Waals surface area contributed by atoms with Gasteiger partial charge >= 0.3 is 11.9 Å². The van der Waals surface area contributed by atoms with Gasteiger partial charge in [0.2, 0.25) is 0 Å². The van der Waals surface area contributed by atoms with Gasteiger partial charge in [-0.05, 0) is 96.7 Å². The van der Waals surface area contributed by atoms with Crippen LogP contribution in [0.2, 0.25) is 0 Å². The lowest BCUT2D eigenvalue weighted by atomic mass is 9.29. The molecule has 0 aromatic heterocycles. The molecule has 16 unspecified atom stereocenters. The van der Waals surface area contributed by atoms with Gasteiger partial charge < -0.3 is 44.8 Å². The van der Waals surface area contributed by atoms with Crippen molar-refractivity contribution < 1.29 is 54.4 Å². The number of allylic oxidation sites excluding steroid dienone is 2. The Morgan fingerprint density at radius 3 is 2.25 bits per heavy atom. The Bertz CT molecular complexity index is 1510. The molecule has 0 aromatic carbocycles. The average molecular weight is 717 g/mol. The standard InChI is InChI=1S/C40H60O11/c1-34(2)22-11-16-37(5)23(36(22,4)15-12-25(34)50-31-28(43)26(41)27(42)29(51-31)30(44)45)9-10-24-38(37,6)17-18-39(33(47)48)21(20-49-7)19-35(3)13-8-14-40(24,39)32(35)46/h8,10,14,21-23,25-29,31-32,41-43,46H,9,11-13,15-20H2,1-7H3,(H,44,45)(H,47,48). The SMILES string of the molecule is COCC1CC2(C)CC=CC3(C4=CCC5C6(C)CCC(OC7OC(C(=O)O)C(O)C(O)C7O)C(C)(C)C6CCC5(C)C4(C)CCC13C(=O)O)C2O. The quantitative estimate of drug-likeness (QED) is 0.170. The number of carboxylic acids is 2. The van der Waals surface area contributed by atoms with Gasteiger partial charge in [-0.2, -0.15) is 0 Å². The van der Waals surface area contributed by atoms with E-state index in [4.69, 9.17) is 14.2 Å². The van der Waals surface area contributed by atoms with Crippen LogP contribution >= 0.6 is 0 Å². The van der Waals surface area contributed by atoms with Crippen molar-refractivity contribution >= 4 is 11.9 Å². The molecule has 1 saturated heterocycles. The van der Waals surface area contributed by atoms with Crippen molar-refractivity contribution in [1.82, 2.24) is 0 Å². The van der Waals surface area contributed by atoms with Crippen LogP contribution in [0.15, 0.2) is 23.8 Å². The third-order valence-corrected chi connectivity index (χ3v) is 16.9. The molecule has 1 spiro atoms. The molecule has 11 heteroatoms. The summed E-state index contributed by atoms with van der Waals surface area (Å²) in [6.07, 6.45) is 3.63. The highest BCUT2D eigenvalue weighted by Crippen LogP contribution is 2.80. The highest BCUT2D eigenvalue weighted by molar-refractivity contribution is 5.80. The fourth-order valence-corrected chi connectivity index (χ4v) is 14.2. The molecule has 4 saturated carbocycles. The summed E-state index contributed by atoms with van der Waals surface area (Å²) < 4.78 is 17.7. The smallest absolute Gasteiger partial charge is 0.335 e. The molecule has 1 heterocycles. The number of aliphatic hydroxyl groups is 4. The lowest BCUT2D eigenvalue weighted by Crippen LogP contribution is -2.73. The number of fused-ring (bicyclic) bond motifs is 6. The monoisotopic (exact) mass is 716 g/mol. The van der Waals surface area contributed by atoms with Crippen molar-refractivity contribution in [2.24, 2.45) is 55.7 Å². The second-order valence-corrected chi connectivity index (χ2v) is 19.1. The lowest BCUT2D eigenvalue weighted by Gasteiger charge is -2.75. The second kappa shape index (κ2) is 11.8. The van der Waals surface area contributed by atoms with Gasteiger partial charge in [-0.15, -0.1) is 0 Å². The van der Waals surface area contributed by atoms with Crippen molar-refractivity contribution in [3.63, 3.8) is 0 Å². The largest absolute Gasteiger partial charge is 0.481 e. The summed E-state index contributed by atoms with van der Waals surface area (Å²) in [5, 5.41) is 64.8. The minimum absolute atomic E-state index is 0.119. The lowest BCUT2D eigenvalue weighted by molar-refractivity contribution is -0.324. The number of aliphatic hydroxyl groups excluding tert-OH is 4. The molecule has 11 nitrogen and oxygen atoms in total. The van der Waals surface area contributed by atoms with E-state index in [1.165, 1.54) is 0 Å². The Morgan fingerprint density at radius 2 is 1.61 bits per heavy atom. The topological polar surface area (TPSA) is 183 Å². The van der Waals surface area contributed by atoms with Gasteiger partial charge in [-0.25, -0.2) is 4.79 Å². The predicted molar refractivity (Wildman–Crippen MR) is 185 cm³/mol. The predicted octanol–water partition coefficient (Wildman–Crippen LogP) is 4.30. The minimum atomic E-state index is -1.78. The number of carboxylic acid groups (broad SMARTS) is 2. The number of ether oxygens (including phenoxy) is 3. The van der Waals surface area contributed by atoms with E-state index in [2.05, 4.69) is 59.8 Å². The van der Waals surface area contributed by atoms with Crippen molar-refractivity contribution in [2.75, 3.05) is 13.7 Å². The van der Waals surface area contributed by atoms with Crippen LogP contribution in [0, 0.1) is 55.7 Å². The number of carbonyl (C=O) groups is 2. The molecule has 0 aromatic rings.